The van der Waals surface area contributed by atoms with Crippen molar-refractivity contribution < 1.29 is 15.0 Å². The van der Waals surface area contributed by atoms with Gasteiger partial charge >= 0.3 is 5.97 Å². The number of aromatic carboxylic acids is 1. The van der Waals surface area contributed by atoms with Crippen molar-refractivity contribution in [1.29, 1.82) is 0 Å². The molecule has 1 aromatic heterocycles. The summed E-state index contributed by atoms with van der Waals surface area (Å²) in [7, 11) is 0. The number of aliphatic hydroxyl groups excluding tert-OH is 1. The van der Waals surface area contributed by atoms with Crippen molar-refractivity contribution in [2.75, 3.05) is 6.54 Å². The molecule has 1 rings (SSSR count). The molecule has 3 N–H and O–H groups in total. The van der Waals surface area contributed by atoms with Crippen LogP contribution in [0.4, 0.5) is 0 Å². The zero-order valence-electron chi connectivity index (χ0n) is 10.8. The fraction of sp³-hybridized carbons (Fsp3) is 0.538. The normalized spacial score (nSPS) is 12.7. The highest BCUT2D eigenvalue weighted by Crippen LogP contribution is 2.04. The molecule has 1 heterocycles. The van der Waals surface area contributed by atoms with Crippen LogP contribution in [0, 0.1) is 5.92 Å². The predicted molar refractivity (Wildman–Crippen MR) is 68.4 cm³/mol. The molecule has 0 fully saturated rings. The predicted octanol–water partition coefficient (Wildman–Crippen LogP) is 1.28. The number of aromatic nitrogens is 1. The molecule has 1 unspecified atom stereocenters. The molecule has 0 spiro atoms. The molecule has 0 aliphatic rings. The molecule has 0 radical (unpaired) electrons. The highest BCUT2D eigenvalue weighted by molar-refractivity contribution is 5.87. The molecule has 1 aromatic rings. The monoisotopic (exact) mass is 252 g/mol. The first kappa shape index (κ1) is 14.6. The number of hydrogen-bond acceptors (Lipinski definition) is 4. The topological polar surface area (TPSA) is 82.5 Å². The molecule has 0 aromatic carbocycles. The second-order valence-corrected chi connectivity index (χ2v) is 4.76. The highest BCUT2D eigenvalue weighted by atomic mass is 16.4. The summed E-state index contributed by atoms with van der Waals surface area (Å²) < 4.78 is 0. The van der Waals surface area contributed by atoms with Crippen molar-refractivity contribution in [3.63, 3.8) is 0 Å². The van der Waals surface area contributed by atoms with E-state index in [4.69, 9.17) is 5.11 Å². The van der Waals surface area contributed by atoms with Crippen molar-refractivity contribution in [1.82, 2.24) is 10.3 Å². The van der Waals surface area contributed by atoms with Crippen molar-refractivity contribution in [3.8, 4) is 0 Å². The van der Waals surface area contributed by atoms with Crippen LogP contribution in [0.15, 0.2) is 18.3 Å². The summed E-state index contributed by atoms with van der Waals surface area (Å²) in [5, 5.41) is 21.5. The summed E-state index contributed by atoms with van der Waals surface area (Å²) in [5.74, 6) is -0.510. The van der Waals surface area contributed by atoms with Gasteiger partial charge in [0.05, 0.1) is 17.4 Å². The van der Waals surface area contributed by atoms with Gasteiger partial charge in [0, 0.05) is 19.3 Å². The molecule has 1 atom stereocenters. The lowest BCUT2D eigenvalue weighted by Gasteiger charge is -2.13. The van der Waals surface area contributed by atoms with Crippen LogP contribution in [0.1, 0.15) is 36.3 Å². The molecule has 0 saturated heterocycles. The first-order chi connectivity index (χ1) is 8.49. The Morgan fingerprint density at radius 3 is 2.67 bits per heavy atom. The molecular formula is C13H20N2O3. The minimum Gasteiger partial charge on any atom is -0.478 e. The number of nitrogens with zero attached hydrogens (tertiary/aromatic N) is 1. The van der Waals surface area contributed by atoms with E-state index in [9.17, 15) is 9.90 Å². The number of aliphatic hydroxyl groups is 1. The zero-order valence-corrected chi connectivity index (χ0v) is 10.8. The number of pyridine rings is 1. The third-order valence-corrected chi connectivity index (χ3v) is 2.50. The maximum Gasteiger partial charge on any atom is 0.337 e. The van der Waals surface area contributed by atoms with Gasteiger partial charge in [0.25, 0.3) is 0 Å². The van der Waals surface area contributed by atoms with Gasteiger partial charge in [0.1, 0.15) is 0 Å². The van der Waals surface area contributed by atoms with E-state index < -0.39 is 5.97 Å². The summed E-state index contributed by atoms with van der Waals surface area (Å²) in [6.45, 7) is 5.17. The summed E-state index contributed by atoms with van der Waals surface area (Å²) in [4.78, 5) is 14.7. The number of carboxylic acids is 1. The zero-order chi connectivity index (χ0) is 13.5. The molecular weight excluding hydrogens is 232 g/mol. The quantitative estimate of drug-likeness (QED) is 0.681. The Bertz CT molecular complexity index is 376. The van der Waals surface area contributed by atoms with Crippen LogP contribution >= 0.6 is 0 Å². The van der Waals surface area contributed by atoms with E-state index in [-0.39, 0.29) is 11.7 Å². The van der Waals surface area contributed by atoms with E-state index in [2.05, 4.69) is 24.1 Å². The van der Waals surface area contributed by atoms with E-state index in [0.717, 1.165) is 12.1 Å². The van der Waals surface area contributed by atoms with Crippen molar-refractivity contribution in [3.05, 3.63) is 29.6 Å². The van der Waals surface area contributed by atoms with Gasteiger partial charge in [0.15, 0.2) is 0 Å². The summed E-state index contributed by atoms with van der Waals surface area (Å²) in [6, 6.07) is 3.20. The van der Waals surface area contributed by atoms with Gasteiger partial charge < -0.3 is 15.5 Å². The molecule has 0 aliphatic heterocycles. The Morgan fingerprint density at radius 1 is 1.44 bits per heavy atom. The average Bonchev–Trinajstić information content (AvgIpc) is 2.28. The van der Waals surface area contributed by atoms with Crippen molar-refractivity contribution in [2.45, 2.75) is 32.9 Å². The molecule has 0 aliphatic carbocycles. The van der Waals surface area contributed by atoms with E-state index in [0.29, 0.717) is 19.0 Å². The standard InChI is InChI=1S/C13H20N2O3/c1-9(2)5-12(16)8-14-7-11-4-3-10(6-15-11)13(17)18/h3-4,6,9,12,14,16H,5,7-8H2,1-2H3,(H,17,18). The molecule has 0 amide bonds. The van der Waals surface area contributed by atoms with Crippen LogP contribution in [0.25, 0.3) is 0 Å². The minimum absolute atomic E-state index is 0.179. The fourth-order valence-corrected chi connectivity index (χ4v) is 1.65. The van der Waals surface area contributed by atoms with Gasteiger partial charge in [-0.2, -0.15) is 0 Å². The first-order valence-corrected chi connectivity index (χ1v) is 6.06. The number of rotatable bonds is 7. The number of nitrogens with one attached hydrogen (secondary N) is 1. The Kier molecular flexibility index (Phi) is 5.74. The molecule has 18 heavy (non-hydrogen) atoms. The van der Waals surface area contributed by atoms with Crippen LogP contribution in [-0.2, 0) is 6.54 Å². The maximum absolute atomic E-state index is 10.6. The summed E-state index contributed by atoms with van der Waals surface area (Å²) in [6.07, 6.45) is 1.74. The molecule has 0 saturated carbocycles. The molecule has 5 nitrogen and oxygen atoms in total. The van der Waals surface area contributed by atoms with Crippen LogP contribution in [0.5, 0.6) is 0 Å². The molecule has 100 valence electrons. The van der Waals surface area contributed by atoms with Crippen molar-refractivity contribution >= 4 is 5.97 Å². The van der Waals surface area contributed by atoms with Gasteiger partial charge in [-0.05, 0) is 24.5 Å². The highest BCUT2D eigenvalue weighted by Gasteiger charge is 2.07. The second kappa shape index (κ2) is 7.08. The lowest BCUT2D eigenvalue weighted by molar-refractivity contribution is 0.0696. The average molecular weight is 252 g/mol. The smallest absolute Gasteiger partial charge is 0.337 e. The van der Waals surface area contributed by atoms with E-state index in [1.54, 1.807) is 6.07 Å². The molecule has 0 bridgehead atoms. The fourth-order valence-electron chi connectivity index (χ4n) is 1.65. The van der Waals surface area contributed by atoms with Crippen molar-refractivity contribution in [2.24, 2.45) is 5.92 Å². The van der Waals surface area contributed by atoms with Gasteiger partial charge in [-0.3, -0.25) is 4.98 Å². The summed E-state index contributed by atoms with van der Waals surface area (Å²) in [5.41, 5.74) is 0.940. The SMILES string of the molecule is CC(C)CC(O)CNCc1ccc(C(=O)O)cn1. The van der Waals surface area contributed by atoms with E-state index in [1.165, 1.54) is 12.3 Å². The van der Waals surface area contributed by atoms with Crippen LogP contribution in [0.3, 0.4) is 0 Å². The minimum atomic E-state index is -0.977. The maximum atomic E-state index is 10.6. The largest absolute Gasteiger partial charge is 0.478 e. The van der Waals surface area contributed by atoms with Crippen LogP contribution in [-0.4, -0.2) is 33.8 Å². The summed E-state index contributed by atoms with van der Waals surface area (Å²) >= 11 is 0. The first-order valence-electron chi connectivity index (χ1n) is 6.06. The number of hydrogen-bond donors (Lipinski definition) is 3. The molecule has 5 heteroatoms. The Labute approximate surface area is 107 Å². The second-order valence-electron chi connectivity index (χ2n) is 4.76. The Morgan fingerprint density at radius 2 is 2.17 bits per heavy atom. The van der Waals surface area contributed by atoms with Crippen LogP contribution in [0.2, 0.25) is 0 Å². The van der Waals surface area contributed by atoms with Gasteiger partial charge in [-0.25, -0.2) is 4.79 Å². The number of carboxylic acid groups (broad SMARTS) is 1. The van der Waals surface area contributed by atoms with Gasteiger partial charge in [-0.15, -0.1) is 0 Å². The third-order valence-electron chi connectivity index (χ3n) is 2.50. The Balaban J connectivity index is 2.33. The van der Waals surface area contributed by atoms with Gasteiger partial charge in [0.2, 0.25) is 0 Å². The number of carbonyl (C=O) groups is 1. The van der Waals surface area contributed by atoms with Crippen LogP contribution < -0.4 is 5.32 Å². The van der Waals surface area contributed by atoms with E-state index in [1.807, 2.05) is 0 Å². The third kappa shape index (κ3) is 5.25. The Hall–Kier alpha value is -1.46. The van der Waals surface area contributed by atoms with Gasteiger partial charge in [-0.1, -0.05) is 13.8 Å². The van der Waals surface area contributed by atoms with E-state index >= 15 is 0 Å². The lowest BCUT2D eigenvalue weighted by atomic mass is 10.1. The lowest BCUT2D eigenvalue weighted by Crippen LogP contribution is -2.27.